The maximum Gasteiger partial charge on any atom is 0.337 e. The van der Waals surface area contributed by atoms with Crippen molar-refractivity contribution in [1.29, 1.82) is 0 Å². The van der Waals surface area contributed by atoms with E-state index < -0.39 is 0 Å². The minimum atomic E-state index is -0.374. The normalized spacial score (nSPS) is 10.7. The number of hydrogen-bond acceptors (Lipinski definition) is 4. The van der Waals surface area contributed by atoms with Gasteiger partial charge in [0.25, 0.3) is 0 Å². The van der Waals surface area contributed by atoms with Crippen LogP contribution in [0, 0.1) is 0 Å². The van der Waals surface area contributed by atoms with Crippen molar-refractivity contribution in [2.45, 2.75) is 0 Å². The first-order valence-corrected chi connectivity index (χ1v) is 7.33. The fourth-order valence-corrected chi connectivity index (χ4v) is 2.74. The number of esters is 1. The van der Waals surface area contributed by atoms with Gasteiger partial charge in [-0.2, -0.15) is 0 Å². The Morgan fingerprint density at radius 1 is 1.23 bits per heavy atom. The fourth-order valence-electron chi connectivity index (χ4n) is 2.22. The summed E-state index contributed by atoms with van der Waals surface area (Å²) in [5, 5.41) is 0. The van der Waals surface area contributed by atoms with Gasteiger partial charge in [-0.15, -0.1) is 0 Å². The van der Waals surface area contributed by atoms with Gasteiger partial charge in [-0.1, -0.05) is 12.1 Å². The quantitative estimate of drug-likeness (QED) is 0.721. The highest BCUT2D eigenvalue weighted by atomic mass is 79.9. The van der Waals surface area contributed by atoms with Crippen LogP contribution < -0.4 is 4.74 Å². The number of carbonyl (C=O) groups is 1. The van der Waals surface area contributed by atoms with Gasteiger partial charge in [0, 0.05) is 16.1 Å². The van der Waals surface area contributed by atoms with Crippen LogP contribution in [0.3, 0.4) is 0 Å². The van der Waals surface area contributed by atoms with Crippen molar-refractivity contribution in [2.24, 2.45) is 0 Å². The highest BCUT2D eigenvalue weighted by molar-refractivity contribution is 9.10. The topological polar surface area (TPSA) is 64.2 Å². The Labute approximate surface area is 135 Å². The minimum Gasteiger partial charge on any atom is -0.497 e. The maximum absolute atomic E-state index is 11.6. The number of nitrogens with one attached hydrogen (secondary N) is 1. The number of rotatable bonds is 3. The molecule has 0 spiro atoms. The smallest absolute Gasteiger partial charge is 0.337 e. The number of aromatic nitrogens is 2. The van der Waals surface area contributed by atoms with Crippen molar-refractivity contribution in [3.8, 4) is 17.1 Å². The Kier molecular flexibility index (Phi) is 3.85. The van der Waals surface area contributed by atoms with E-state index >= 15 is 0 Å². The van der Waals surface area contributed by atoms with E-state index in [1.165, 1.54) is 7.11 Å². The summed E-state index contributed by atoms with van der Waals surface area (Å²) in [6.07, 6.45) is 0. The molecule has 0 aliphatic heterocycles. The zero-order valence-corrected chi connectivity index (χ0v) is 13.6. The molecule has 0 bridgehead atoms. The predicted molar refractivity (Wildman–Crippen MR) is 87.1 cm³/mol. The second-order valence-electron chi connectivity index (χ2n) is 4.66. The predicted octanol–water partition coefficient (Wildman–Crippen LogP) is 3.79. The Hall–Kier alpha value is -2.34. The summed E-state index contributed by atoms with van der Waals surface area (Å²) in [5.74, 6) is 1.04. The Balaban J connectivity index is 2.11. The second-order valence-corrected chi connectivity index (χ2v) is 5.52. The number of methoxy groups -OCH3 is 2. The number of ether oxygens (including phenoxy) is 2. The van der Waals surface area contributed by atoms with Gasteiger partial charge in [0.15, 0.2) is 0 Å². The Bertz CT molecular complexity index is 858. The molecule has 0 saturated heterocycles. The van der Waals surface area contributed by atoms with Crippen molar-refractivity contribution in [2.75, 3.05) is 14.2 Å². The molecule has 6 heteroatoms. The molecule has 0 aliphatic carbocycles. The zero-order valence-electron chi connectivity index (χ0n) is 12.0. The lowest BCUT2D eigenvalue weighted by Crippen LogP contribution is -2.00. The van der Waals surface area contributed by atoms with Gasteiger partial charge < -0.3 is 14.5 Å². The van der Waals surface area contributed by atoms with Gasteiger partial charge in [0.1, 0.15) is 17.1 Å². The van der Waals surface area contributed by atoms with Crippen LogP contribution in [0.15, 0.2) is 40.9 Å². The number of imidazole rings is 1. The number of H-pyrrole nitrogens is 1. The van der Waals surface area contributed by atoms with Gasteiger partial charge in [-0.3, -0.25) is 0 Å². The van der Waals surface area contributed by atoms with Crippen molar-refractivity contribution in [3.63, 3.8) is 0 Å². The van der Waals surface area contributed by atoms with Crippen LogP contribution in [0.2, 0.25) is 0 Å². The van der Waals surface area contributed by atoms with Crippen LogP contribution in [-0.2, 0) is 4.74 Å². The highest BCUT2D eigenvalue weighted by Crippen LogP contribution is 2.30. The molecule has 1 N–H and O–H groups in total. The molecule has 1 heterocycles. The summed E-state index contributed by atoms with van der Waals surface area (Å²) in [4.78, 5) is 19.4. The molecule has 1 aromatic heterocycles. The van der Waals surface area contributed by atoms with E-state index in [1.54, 1.807) is 25.3 Å². The molecule has 3 aromatic rings. The van der Waals surface area contributed by atoms with E-state index in [4.69, 9.17) is 9.47 Å². The lowest BCUT2D eigenvalue weighted by molar-refractivity contribution is 0.0601. The molecule has 22 heavy (non-hydrogen) atoms. The zero-order chi connectivity index (χ0) is 15.7. The summed E-state index contributed by atoms with van der Waals surface area (Å²) in [6.45, 7) is 0. The number of hydrogen-bond donors (Lipinski definition) is 1. The number of fused-ring (bicyclic) bond motifs is 1. The summed E-state index contributed by atoms with van der Waals surface area (Å²) in [6, 6.07) is 10.9. The number of nitrogens with zero attached hydrogens (tertiary/aromatic N) is 1. The molecule has 3 rings (SSSR count). The molecule has 0 amide bonds. The third kappa shape index (κ3) is 2.57. The third-order valence-electron chi connectivity index (χ3n) is 3.31. The molecule has 2 aromatic carbocycles. The average Bonchev–Trinajstić information content (AvgIpc) is 2.98. The van der Waals surface area contributed by atoms with Gasteiger partial charge >= 0.3 is 5.97 Å². The minimum absolute atomic E-state index is 0.374. The molecule has 0 aliphatic rings. The van der Waals surface area contributed by atoms with Crippen molar-refractivity contribution in [1.82, 2.24) is 9.97 Å². The van der Waals surface area contributed by atoms with Crippen molar-refractivity contribution in [3.05, 3.63) is 46.4 Å². The molecule has 0 unspecified atom stereocenters. The molecule has 0 atom stereocenters. The van der Waals surface area contributed by atoms with Crippen LogP contribution in [0.4, 0.5) is 0 Å². The van der Waals surface area contributed by atoms with E-state index in [-0.39, 0.29) is 5.97 Å². The molecule has 0 saturated carbocycles. The highest BCUT2D eigenvalue weighted by Gasteiger charge is 2.12. The van der Waals surface area contributed by atoms with E-state index in [2.05, 4.69) is 25.9 Å². The second kappa shape index (κ2) is 5.81. The molecule has 0 fully saturated rings. The molecule has 5 nitrogen and oxygen atoms in total. The third-order valence-corrected chi connectivity index (χ3v) is 3.91. The lowest BCUT2D eigenvalue weighted by Gasteiger charge is -2.01. The first-order valence-electron chi connectivity index (χ1n) is 6.54. The van der Waals surface area contributed by atoms with Gasteiger partial charge in [0.2, 0.25) is 0 Å². The van der Waals surface area contributed by atoms with Crippen LogP contribution >= 0.6 is 15.9 Å². The summed E-state index contributed by atoms with van der Waals surface area (Å²) in [7, 11) is 2.98. The van der Waals surface area contributed by atoms with Gasteiger partial charge in [-0.05, 0) is 34.1 Å². The van der Waals surface area contributed by atoms with E-state index in [1.807, 2.05) is 18.2 Å². The molecular weight excluding hydrogens is 348 g/mol. The lowest BCUT2D eigenvalue weighted by atomic mass is 10.1. The van der Waals surface area contributed by atoms with Crippen LogP contribution in [0.1, 0.15) is 10.4 Å². The van der Waals surface area contributed by atoms with Gasteiger partial charge in [0.05, 0.1) is 25.3 Å². The van der Waals surface area contributed by atoms with E-state index in [0.29, 0.717) is 11.4 Å². The van der Waals surface area contributed by atoms with Crippen LogP contribution in [0.25, 0.3) is 22.4 Å². The number of aromatic amines is 1. The van der Waals surface area contributed by atoms with Crippen LogP contribution in [-0.4, -0.2) is 30.2 Å². The molecule has 112 valence electrons. The average molecular weight is 361 g/mol. The summed E-state index contributed by atoms with van der Waals surface area (Å²) < 4.78 is 10.8. The molecule has 0 radical (unpaired) electrons. The first-order chi connectivity index (χ1) is 10.6. The van der Waals surface area contributed by atoms with E-state index in [0.717, 1.165) is 26.8 Å². The fraction of sp³-hybridized carbons (Fsp3) is 0.125. The standard InChI is InChI=1S/C16H13BrN2O3/c1-21-11-7-12(17)14-13(8-11)18-15(19-14)9-4-3-5-10(6-9)16(20)22-2/h3-8H,1-2H3,(H,18,19). The largest absolute Gasteiger partial charge is 0.497 e. The van der Waals surface area contributed by atoms with Gasteiger partial charge in [-0.25, -0.2) is 9.78 Å². The van der Waals surface area contributed by atoms with E-state index in [9.17, 15) is 4.79 Å². The first kappa shape index (κ1) is 14.6. The van der Waals surface area contributed by atoms with Crippen molar-refractivity contribution < 1.29 is 14.3 Å². The number of carbonyl (C=O) groups excluding carboxylic acids is 1. The Morgan fingerprint density at radius 3 is 2.77 bits per heavy atom. The monoisotopic (exact) mass is 360 g/mol. The summed E-state index contributed by atoms with van der Waals surface area (Å²) in [5.41, 5.74) is 2.95. The Morgan fingerprint density at radius 2 is 2.05 bits per heavy atom. The van der Waals surface area contributed by atoms with Crippen molar-refractivity contribution >= 4 is 32.9 Å². The SMILES string of the molecule is COC(=O)c1cccc(-c2nc3c(Br)cc(OC)cc3[nH]2)c1. The summed E-state index contributed by atoms with van der Waals surface area (Å²) >= 11 is 3.49. The molecular formula is C16H13BrN2O3. The maximum atomic E-state index is 11.6. The number of benzene rings is 2. The van der Waals surface area contributed by atoms with Crippen LogP contribution in [0.5, 0.6) is 5.75 Å². The number of halogens is 1.